The van der Waals surface area contributed by atoms with Gasteiger partial charge in [-0.15, -0.1) is 0 Å². The van der Waals surface area contributed by atoms with Gasteiger partial charge < -0.3 is 20.4 Å². The Morgan fingerprint density at radius 1 is 0.562 bits per heavy atom. The molecule has 4 N–H and O–H groups in total. The minimum Gasteiger partial charge on any atom is -0.478 e. The molecule has 0 aliphatic rings. The van der Waals surface area contributed by atoms with Crippen LogP contribution < -0.4 is 0 Å². The van der Waals surface area contributed by atoms with Crippen molar-refractivity contribution < 1.29 is 82.7 Å². The first-order valence-corrected chi connectivity index (χ1v) is 7.23. The van der Waals surface area contributed by atoms with E-state index in [1.165, 1.54) is 0 Å². The predicted molar refractivity (Wildman–Crippen MR) is 72.4 cm³/mol. The lowest BCUT2D eigenvalue weighted by molar-refractivity contribution is -0.378. The highest BCUT2D eigenvalue weighted by Gasteiger charge is 2.75. The zero-order valence-electron chi connectivity index (χ0n) is 14.3. The van der Waals surface area contributed by atoms with Gasteiger partial charge in [-0.1, -0.05) is 0 Å². The summed E-state index contributed by atoms with van der Waals surface area (Å²) < 4.78 is 158. The summed E-state index contributed by atoms with van der Waals surface area (Å²) in [5.41, 5.74) is -24.8. The molecule has 0 fully saturated rings. The molecule has 6 nitrogen and oxygen atoms in total. The van der Waals surface area contributed by atoms with Crippen LogP contribution in [0.15, 0.2) is 12.1 Å². The van der Waals surface area contributed by atoms with Crippen molar-refractivity contribution >= 4 is 11.9 Å². The van der Waals surface area contributed by atoms with E-state index < -0.39 is 82.2 Å². The number of hydrogen-bond acceptors (Lipinski definition) is 4. The Morgan fingerprint density at radius 2 is 0.812 bits per heavy atom. The molecule has 0 aliphatic carbocycles. The van der Waals surface area contributed by atoms with Crippen LogP contribution >= 0.6 is 0 Å². The second-order valence-corrected chi connectivity index (χ2v) is 5.97. The largest absolute Gasteiger partial charge is 0.478 e. The van der Waals surface area contributed by atoms with Crippen LogP contribution in [0.3, 0.4) is 0 Å². The van der Waals surface area contributed by atoms with E-state index >= 15 is 0 Å². The summed E-state index contributed by atoms with van der Waals surface area (Å²) in [5.74, 6) is -6.06. The highest BCUT2D eigenvalue weighted by Crippen LogP contribution is 2.55. The standard InChI is InChI=1S/C14H6F12O6/c15-11(16,17)9(31,12(18,19)20)4-1-3(7(27)28)2-5(6(4)8(29)30)10(32,13(21,22)23)14(24,25)26/h1-2,31-32H,(H,27,28)(H,29,30). The van der Waals surface area contributed by atoms with Crippen LogP contribution in [0, 0.1) is 0 Å². The van der Waals surface area contributed by atoms with Crippen molar-refractivity contribution in [1.82, 2.24) is 0 Å². The second-order valence-electron chi connectivity index (χ2n) is 5.97. The average Bonchev–Trinajstić information content (AvgIpc) is 2.54. The number of aromatic carboxylic acids is 2. The van der Waals surface area contributed by atoms with Gasteiger partial charge in [-0.05, 0) is 12.1 Å². The Bertz CT molecular complexity index is 837. The number of halogens is 12. The van der Waals surface area contributed by atoms with Crippen LogP contribution in [0.25, 0.3) is 0 Å². The molecule has 0 unspecified atom stereocenters. The van der Waals surface area contributed by atoms with Crippen LogP contribution in [0.1, 0.15) is 31.8 Å². The Hall–Kier alpha value is -2.76. The Labute approximate surface area is 166 Å². The first kappa shape index (κ1) is 27.3. The summed E-state index contributed by atoms with van der Waals surface area (Å²) >= 11 is 0. The number of carbonyl (C=O) groups is 2. The van der Waals surface area contributed by atoms with Crippen molar-refractivity contribution in [2.24, 2.45) is 0 Å². The summed E-state index contributed by atoms with van der Waals surface area (Å²) in [6.07, 6.45) is -28.2. The van der Waals surface area contributed by atoms with Crippen molar-refractivity contribution in [3.63, 3.8) is 0 Å². The summed E-state index contributed by atoms with van der Waals surface area (Å²) in [6.45, 7) is 0. The molecule has 1 aromatic carbocycles. The molecule has 0 radical (unpaired) electrons. The van der Waals surface area contributed by atoms with Crippen molar-refractivity contribution in [2.75, 3.05) is 0 Å². The molecule has 0 bridgehead atoms. The number of hydrogen-bond donors (Lipinski definition) is 4. The predicted octanol–water partition coefficient (Wildman–Crippen LogP) is 3.71. The Balaban J connectivity index is 4.54. The molecule has 182 valence electrons. The third-order valence-corrected chi connectivity index (χ3v) is 4.02. The van der Waals surface area contributed by atoms with Gasteiger partial charge >= 0.3 is 36.6 Å². The van der Waals surface area contributed by atoms with Gasteiger partial charge in [0.05, 0.1) is 11.1 Å². The lowest BCUT2D eigenvalue weighted by Crippen LogP contribution is -2.57. The highest BCUT2D eigenvalue weighted by molar-refractivity contribution is 5.96. The van der Waals surface area contributed by atoms with E-state index in [9.17, 15) is 72.5 Å². The van der Waals surface area contributed by atoms with E-state index in [1.54, 1.807) is 0 Å². The maximum atomic E-state index is 13.1. The smallest absolute Gasteiger partial charge is 0.430 e. The van der Waals surface area contributed by atoms with Gasteiger partial charge in [0.2, 0.25) is 0 Å². The van der Waals surface area contributed by atoms with Gasteiger partial charge in [0.15, 0.2) is 0 Å². The molecular formula is C14H6F12O6. The Morgan fingerprint density at radius 3 is 0.969 bits per heavy atom. The van der Waals surface area contributed by atoms with Crippen LogP contribution in [0.5, 0.6) is 0 Å². The Kier molecular flexibility index (Phi) is 6.30. The van der Waals surface area contributed by atoms with Crippen molar-refractivity contribution in [1.29, 1.82) is 0 Å². The first-order valence-electron chi connectivity index (χ1n) is 7.23. The van der Waals surface area contributed by atoms with Gasteiger partial charge in [-0.2, -0.15) is 52.7 Å². The second kappa shape index (κ2) is 7.39. The van der Waals surface area contributed by atoms with Gasteiger partial charge in [0.25, 0.3) is 11.2 Å². The van der Waals surface area contributed by atoms with Crippen molar-refractivity contribution in [3.8, 4) is 0 Å². The van der Waals surface area contributed by atoms with E-state index in [0.29, 0.717) is 0 Å². The van der Waals surface area contributed by atoms with Crippen LogP contribution in [-0.4, -0.2) is 57.1 Å². The fourth-order valence-electron chi connectivity index (χ4n) is 2.50. The van der Waals surface area contributed by atoms with E-state index in [4.69, 9.17) is 10.2 Å². The van der Waals surface area contributed by atoms with E-state index in [0.717, 1.165) is 0 Å². The lowest BCUT2D eigenvalue weighted by Gasteiger charge is -2.37. The van der Waals surface area contributed by atoms with Crippen molar-refractivity contribution in [3.05, 3.63) is 34.4 Å². The first-order chi connectivity index (χ1) is 13.9. The molecule has 0 spiro atoms. The van der Waals surface area contributed by atoms with Crippen LogP contribution in [0.4, 0.5) is 52.7 Å². The third-order valence-electron chi connectivity index (χ3n) is 4.02. The molecule has 18 heteroatoms. The topological polar surface area (TPSA) is 115 Å². The number of carboxylic acids is 2. The fraction of sp³-hybridized carbons (Fsp3) is 0.429. The summed E-state index contributed by atoms with van der Waals surface area (Å²) in [5, 5.41) is 36.4. The normalized spacial score (nSPS) is 14.4. The minimum absolute atomic E-state index is 0.927. The third kappa shape index (κ3) is 3.91. The number of benzene rings is 1. The monoisotopic (exact) mass is 498 g/mol. The zero-order valence-corrected chi connectivity index (χ0v) is 14.3. The molecule has 32 heavy (non-hydrogen) atoms. The molecule has 0 saturated carbocycles. The molecule has 0 saturated heterocycles. The molecular weight excluding hydrogens is 492 g/mol. The number of aliphatic hydroxyl groups is 2. The summed E-state index contributed by atoms with van der Waals surface area (Å²) in [4.78, 5) is 22.3. The molecule has 0 amide bonds. The maximum Gasteiger partial charge on any atom is 0.430 e. The van der Waals surface area contributed by atoms with Crippen LogP contribution in [-0.2, 0) is 11.2 Å². The molecule has 0 heterocycles. The maximum absolute atomic E-state index is 13.1. The molecule has 1 rings (SSSR count). The van der Waals surface area contributed by atoms with Gasteiger partial charge in [0, 0.05) is 11.1 Å². The summed E-state index contributed by atoms with van der Waals surface area (Å²) in [7, 11) is 0. The van der Waals surface area contributed by atoms with E-state index in [2.05, 4.69) is 0 Å². The average molecular weight is 498 g/mol. The highest BCUT2D eigenvalue weighted by atomic mass is 19.4. The quantitative estimate of drug-likeness (QED) is 0.471. The molecule has 0 aromatic heterocycles. The number of rotatable bonds is 4. The van der Waals surface area contributed by atoms with Gasteiger partial charge in [-0.25, -0.2) is 9.59 Å². The van der Waals surface area contributed by atoms with E-state index in [-0.39, 0.29) is 0 Å². The SMILES string of the molecule is O=C(O)c1cc(C(O)(C(F)(F)F)C(F)(F)F)c(C(=O)O)c(C(O)(C(F)(F)F)C(F)(F)F)c1. The number of carboxylic acid groups (broad SMARTS) is 2. The lowest BCUT2D eigenvalue weighted by atomic mass is 9.79. The van der Waals surface area contributed by atoms with Gasteiger partial charge in [-0.3, -0.25) is 0 Å². The van der Waals surface area contributed by atoms with Gasteiger partial charge in [0.1, 0.15) is 0 Å². The molecule has 0 aliphatic heterocycles. The van der Waals surface area contributed by atoms with E-state index in [1.807, 2.05) is 0 Å². The fourth-order valence-corrected chi connectivity index (χ4v) is 2.50. The zero-order chi connectivity index (χ0) is 25.9. The minimum atomic E-state index is -7.04. The molecule has 1 aromatic rings. The van der Waals surface area contributed by atoms with Crippen molar-refractivity contribution in [2.45, 2.75) is 35.9 Å². The van der Waals surface area contributed by atoms with Crippen LogP contribution in [0.2, 0.25) is 0 Å². The number of alkyl halides is 12. The summed E-state index contributed by atoms with van der Waals surface area (Å²) in [6, 6.07) is -1.85. The molecule has 0 atom stereocenters.